The number of benzene rings is 2. The molecule has 0 radical (unpaired) electrons. The van der Waals surface area contributed by atoms with Crippen LogP contribution < -0.4 is 10.3 Å². The van der Waals surface area contributed by atoms with Crippen molar-refractivity contribution in [3.8, 4) is 0 Å². The maximum absolute atomic E-state index is 12.5. The zero-order valence-electron chi connectivity index (χ0n) is 16.4. The van der Waals surface area contributed by atoms with Crippen molar-refractivity contribution in [3.05, 3.63) is 60.3 Å². The highest BCUT2D eigenvalue weighted by atomic mass is 32.2. The average Bonchev–Trinajstić information content (AvgIpc) is 3.17. The Labute approximate surface area is 175 Å². The molecule has 0 atom stereocenters. The molecule has 1 heterocycles. The fourth-order valence-electron chi connectivity index (χ4n) is 3.00. The van der Waals surface area contributed by atoms with E-state index in [1.54, 1.807) is 32.0 Å². The Morgan fingerprint density at radius 2 is 1.53 bits per heavy atom. The van der Waals surface area contributed by atoms with E-state index in [1.807, 2.05) is 10.9 Å². The van der Waals surface area contributed by atoms with Gasteiger partial charge in [0.15, 0.2) is 0 Å². The number of rotatable bonds is 8. The van der Waals surface area contributed by atoms with Gasteiger partial charge in [-0.3, -0.25) is 10.2 Å². The number of aromatic amines is 1. The van der Waals surface area contributed by atoms with Gasteiger partial charge in [-0.2, -0.15) is 4.31 Å². The number of H-pyrrole nitrogens is 1. The molecule has 0 bridgehead atoms. The summed E-state index contributed by atoms with van der Waals surface area (Å²) in [6.07, 6.45) is 1.49. The maximum atomic E-state index is 12.5. The van der Waals surface area contributed by atoms with Gasteiger partial charge in [0.25, 0.3) is 15.9 Å². The van der Waals surface area contributed by atoms with Gasteiger partial charge in [-0.1, -0.05) is 32.0 Å². The molecule has 1 amide bonds. The van der Waals surface area contributed by atoms with Gasteiger partial charge in [-0.05, 0) is 30.3 Å². The van der Waals surface area contributed by atoms with Gasteiger partial charge in [-0.15, -0.1) is 4.83 Å². The first-order valence-corrected chi connectivity index (χ1v) is 12.1. The second-order valence-corrected chi connectivity index (χ2v) is 9.99. The topological polar surface area (TPSA) is 128 Å². The smallest absolute Gasteiger partial charge is 0.268 e. The van der Waals surface area contributed by atoms with E-state index in [9.17, 15) is 21.6 Å². The van der Waals surface area contributed by atoms with Crippen molar-refractivity contribution in [2.75, 3.05) is 13.1 Å². The largest absolute Gasteiger partial charge is 0.360 e. The average molecular weight is 451 g/mol. The fourth-order valence-corrected chi connectivity index (χ4v) is 5.30. The third kappa shape index (κ3) is 4.24. The fraction of sp³-hybridized carbons (Fsp3) is 0.211. The van der Waals surface area contributed by atoms with Crippen LogP contribution in [0, 0.1) is 0 Å². The van der Waals surface area contributed by atoms with Crippen molar-refractivity contribution >= 4 is 36.9 Å². The van der Waals surface area contributed by atoms with Crippen molar-refractivity contribution in [1.82, 2.24) is 19.5 Å². The SMILES string of the molecule is CCN(CC)S(=O)(=O)c1ccc(S(=O)(=O)NNC(=O)c2c[nH]c3ccccc23)cc1. The monoisotopic (exact) mass is 450 g/mol. The van der Waals surface area contributed by atoms with Crippen molar-refractivity contribution in [3.63, 3.8) is 0 Å². The first-order chi connectivity index (χ1) is 14.2. The molecule has 0 aliphatic heterocycles. The van der Waals surface area contributed by atoms with E-state index in [-0.39, 0.29) is 15.4 Å². The summed E-state index contributed by atoms with van der Waals surface area (Å²) >= 11 is 0. The van der Waals surface area contributed by atoms with Crippen LogP contribution in [0.25, 0.3) is 10.9 Å². The molecule has 3 N–H and O–H groups in total. The molecule has 30 heavy (non-hydrogen) atoms. The molecule has 1 aromatic heterocycles. The standard InChI is InChI=1S/C19H22N4O5S2/c1-3-23(4-2)30(27,28)15-11-9-14(10-12-15)29(25,26)22-21-19(24)17-13-20-18-8-6-5-7-16(17)18/h5-13,20,22H,3-4H2,1-2H3,(H,21,24). The third-order valence-corrected chi connectivity index (χ3v) is 7.94. The second-order valence-electron chi connectivity index (χ2n) is 6.37. The van der Waals surface area contributed by atoms with Gasteiger partial charge in [0.05, 0.1) is 15.4 Å². The van der Waals surface area contributed by atoms with E-state index in [1.165, 1.54) is 34.8 Å². The molecule has 0 aliphatic carbocycles. The minimum absolute atomic E-state index is 0.00650. The van der Waals surface area contributed by atoms with Crippen molar-refractivity contribution in [2.24, 2.45) is 0 Å². The van der Waals surface area contributed by atoms with E-state index in [4.69, 9.17) is 0 Å². The molecule has 11 heteroatoms. The molecule has 0 unspecified atom stereocenters. The minimum Gasteiger partial charge on any atom is -0.360 e. The lowest BCUT2D eigenvalue weighted by Gasteiger charge is -2.18. The number of carbonyl (C=O) groups is 1. The lowest BCUT2D eigenvalue weighted by molar-refractivity contribution is 0.0947. The van der Waals surface area contributed by atoms with Crippen LogP contribution >= 0.6 is 0 Å². The predicted octanol–water partition coefficient (Wildman–Crippen LogP) is 1.82. The van der Waals surface area contributed by atoms with E-state index >= 15 is 0 Å². The Morgan fingerprint density at radius 1 is 0.933 bits per heavy atom. The molecule has 0 spiro atoms. The Kier molecular flexibility index (Phi) is 6.27. The second kappa shape index (κ2) is 8.56. The third-order valence-electron chi connectivity index (χ3n) is 4.61. The van der Waals surface area contributed by atoms with E-state index < -0.39 is 26.0 Å². The van der Waals surface area contributed by atoms with Gasteiger partial charge < -0.3 is 4.98 Å². The lowest BCUT2D eigenvalue weighted by atomic mass is 10.2. The number of hydrazine groups is 1. The van der Waals surface area contributed by atoms with Crippen molar-refractivity contribution < 1.29 is 21.6 Å². The van der Waals surface area contributed by atoms with E-state index in [0.717, 1.165) is 5.52 Å². The molecule has 0 saturated heterocycles. The highest BCUT2D eigenvalue weighted by Gasteiger charge is 2.23. The van der Waals surface area contributed by atoms with E-state index in [2.05, 4.69) is 10.4 Å². The molecule has 9 nitrogen and oxygen atoms in total. The highest BCUT2D eigenvalue weighted by molar-refractivity contribution is 7.89. The summed E-state index contributed by atoms with van der Waals surface area (Å²) < 4.78 is 51.3. The Hall–Kier alpha value is -2.73. The zero-order chi connectivity index (χ0) is 21.9. The number of hydrogen-bond donors (Lipinski definition) is 3. The highest BCUT2D eigenvalue weighted by Crippen LogP contribution is 2.19. The minimum atomic E-state index is -4.09. The molecule has 3 aromatic rings. The number of carbonyl (C=O) groups excluding carboxylic acids is 1. The molecule has 3 rings (SSSR count). The summed E-state index contributed by atoms with van der Waals surface area (Å²) in [7, 11) is -7.79. The van der Waals surface area contributed by atoms with Crippen molar-refractivity contribution in [1.29, 1.82) is 0 Å². The van der Waals surface area contributed by atoms with Crippen LogP contribution in [0.3, 0.4) is 0 Å². The zero-order valence-corrected chi connectivity index (χ0v) is 18.0. The molecule has 160 valence electrons. The predicted molar refractivity (Wildman–Crippen MR) is 113 cm³/mol. The maximum Gasteiger partial charge on any atom is 0.268 e. The van der Waals surface area contributed by atoms with Gasteiger partial charge >= 0.3 is 0 Å². The van der Waals surface area contributed by atoms with Crippen LogP contribution in [0.1, 0.15) is 24.2 Å². The Morgan fingerprint density at radius 3 is 2.17 bits per heavy atom. The number of nitrogens with one attached hydrogen (secondary N) is 3. The first kappa shape index (κ1) is 22.0. The number of aromatic nitrogens is 1. The van der Waals surface area contributed by atoms with Gasteiger partial charge in [0.1, 0.15) is 0 Å². The molecule has 2 aromatic carbocycles. The van der Waals surface area contributed by atoms with Crippen LogP contribution in [0.4, 0.5) is 0 Å². The Balaban J connectivity index is 1.75. The first-order valence-electron chi connectivity index (χ1n) is 9.19. The summed E-state index contributed by atoms with van der Waals surface area (Å²) in [6, 6.07) is 11.9. The van der Waals surface area contributed by atoms with Crippen LogP contribution in [0.2, 0.25) is 0 Å². The summed E-state index contributed by atoms with van der Waals surface area (Å²) in [6.45, 7) is 4.06. The van der Waals surface area contributed by atoms with Gasteiger partial charge in [0, 0.05) is 30.2 Å². The van der Waals surface area contributed by atoms with Crippen LogP contribution in [-0.2, 0) is 20.0 Å². The number of nitrogens with zero attached hydrogens (tertiary/aromatic N) is 1. The molecule has 0 saturated carbocycles. The molecule has 0 fully saturated rings. The van der Waals surface area contributed by atoms with Gasteiger partial charge in [-0.25, -0.2) is 16.8 Å². The van der Waals surface area contributed by atoms with Gasteiger partial charge in [0.2, 0.25) is 10.0 Å². The van der Waals surface area contributed by atoms with E-state index in [0.29, 0.717) is 18.5 Å². The molecular weight excluding hydrogens is 428 g/mol. The van der Waals surface area contributed by atoms with Crippen LogP contribution in [-0.4, -0.2) is 45.1 Å². The number of sulfonamides is 2. The summed E-state index contributed by atoms with van der Waals surface area (Å²) in [5.74, 6) is -0.628. The summed E-state index contributed by atoms with van der Waals surface area (Å²) in [4.78, 5) is 17.2. The number of hydrogen-bond acceptors (Lipinski definition) is 5. The van der Waals surface area contributed by atoms with Crippen LogP contribution in [0.5, 0.6) is 0 Å². The normalized spacial score (nSPS) is 12.4. The van der Waals surface area contributed by atoms with Crippen LogP contribution in [0.15, 0.2) is 64.5 Å². The quantitative estimate of drug-likeness (QED) is 0.451. The summed E-state index contributed by atoms with van der Waals surface area (Å²) in [5.41, 5.74) is 3.21. The molecular formula is C19H22N4O5S2. The molecule has 0 aliphatic rings. The lowest BCUT2D eigenvalue weighted by Crippen LogP contribution is -2.41. The number of para-hydroxylation sites is 1. The van der Waals surface area contributed by atoms with Crippen molar-refractivity contribution in [2.45, 2.75) is 23.6 Å². The Bertz CT molecular complexity index is 1260. The number of fused-ring (bicyclic) bond motifs is 1. The number of amides is 1. The summed E-state index contributed by atoms with van der Waals surface area (Å²) in [5, 5.41) is 0.653.